The summed E-state index contributed by atoms with van der Waals surface area (Å²) in [6.07, 6.45) is 0.671. The van der Waals surface area contributed by atoms with Gasteiger partial charge in [-0.1, -0.05) is 18.2 Å². The highest BCUT2D eigenvalue weighted by molar-refractivity contribution is 7.91. The van der Waals surface area contributed by atoms with Gasteiger partial charge in [0, 0.05) is 23.0 Å². The maximum atomic E-state index is 11.6. The predicted octanol–water partition coefficient (Wildman–Crippen LogP) is 2.41. The molecule has 1 N–H and O–H groups in total. The number of rotatable bonds is 3. The Balaban J connectivity index is 1.83. The van der Waals surface area contributed by atoms with Crippen LogP contribution in [0.4, 0.5) is 0 Å². The minimum absolute atomic E-state index is 0.217. The SMILES string of the molecule is Cc1oc2ccccc2c1CNC1(C)CCS(=O)(=O)C1. The van der Waals surface area contributed by atoms with Gasteiger partial charge in [-0.05, 0) is 26.3 Å². The van der Waals surface area contributed by atoms with E-state index in [1.165, 1.54) is 0 Å². The molecule has 1 aliphatic rings. The van der Waals surface area contributed by atoms with E-state index >= 15 is 0 Å². The first-order chi connectivity index (χ1) is 9.39. The van der Waals surface area contributed by atoms with Gasteiger partial charge in [0.1, 0.15) is 11.3 Å². The molecule has 0 saturated carbocycles. The zero-order valence-electron chi connectivity index (χ0n) is 11.8. The fourth-order valence-corrected chi connectivity index (χ4v) is 5.02. The Bertz CT molecular complexity index is 748. The highest BCUT2D eigenvalue weighted by Gasteiger charge is 2.38. The molecule has 0 spiro atoms. The normalized spacial score (nSPS) is 25.3. The number of hydrogen-bond donors (Lipinski definition) is 1. The van der Waals surface area contributed by atoms with E-state index in [0.29, 0.717) is 13.0 Å². The summed E-state index contributed by atoms with van der Waals surface area (Å²) in [5, 5.41) is 4.51. The van der Waals surface area contributed by atoms with Crippen LogP contribution in [0.25, 0.3) is 11.0 Å². The average molecular weight is 293 g/mol. The standard InChI is InChI=1S/C15H19NO3S/c1-11-13(12-5-3-4-6-14(12)19-11)9-16-15(2)7-8-20(17,18)10-15/h3-6,16H,7-10H2,1-2H3. The monoisotopic (exact) mass is 293 g/mol. The van der Waals surface area contributed by atoms with Gasteiger partial charge in [-0.15, -0.1) is 0 Å². The van der Waals surface area contributed by atoms with Crippen molar-refractivity contribution in [3.63, 3.8) is 0 Å². The number of nitrogens with one attached hydrogen (secondary N) is 1. The van der Waals surface area contributed by atoms with Crippen molar-refractivity contribution in [3.8, 4) is 0 Å². The fraction of sp³-hybridized carbons (Fsp3) is 0.467. The molecule has 1 aromatic heterocycles. The number of para-hydroxylation sites is 1. The molecule has 4 nitrogen and oxygen atoms in total. The van der Waals surface area contributed by atoms with Gasteiger partial charge in [0.05, 0.1) is 11.5 Å². The molecule has 1 saturated heterocycles. The quantitative estimate of drug-likeness (QED) is 0.944. The van der Waals surface area contributed by atoms with Crippen LogP contribution < -0.4 is 5.32 Å². The first-order valence-electron chi connectivity index (χ1n) is 6.81. The molecule has 1 aromatic carbocycles. The molecule has 0 radical (unpaired) electrons. The maximum absolute atomic E-state index is 11.6. The molecule has 0 amide bonds. The molecule has 1 aliphatic heterocycles. The van der Waals surface area contributed by atoms with Crippen molar-refractivity contribution in [2.24, 2.45) is 0 Å². The van der Waals surface area contributed by atoms with Crippen LogP contribution in [0.1, 0.15) is 24.7 Å². The van der Waals surface area contributed by atoms with Crippen LogP contribution in [-0.2, 0) is 16.4 Å². The van der Waals surface area contributed by atoms with Crippen LogP contribution in [-0.4, -0.2) is 25.5 Å². The summed E-state index contributed by atoms with van der Waals surface area (Å²) in [6.45, 7) is 4.56. The number of aryl methyl sites for hydroxylation is 1. The van der Waals surface area contributed by atoms with E-state index in [1.807, 2.05) is 38.1 Å². The van der Waals surface area contributed by atoms with Crippen LogP contribution in [0.5, 0.6) is 0 Å². The van der Waals surface area contributed by atoms with E-state index in [-0.39, 0.29) is 17.0 Å². The highest BCUT2D eigenvalue weighted by Crippen LogP contribution is 2.27. The first-order valence-corrected chi connectivity index (χ1v) is 8.63. The van der Waals surface area contributed by atoms with Gasteiger partial charge in [-0.25, -0.2) is 8.42 Å². The van der Waals surface area contributed by atoms with Crippen LogP contribution in [0, 0.1) is 6.92 Å². The third-order valence-corrected chi connectivity index (χ3v) is 6.00. The van der Waals surface area contributed by atoms with Crippen molar-refractivity contribution < 1.29 is 12.8 Å². The highest BCUT2D eigenvalue weighted by atomic mass is 32.2. The zero-order valence-corrected chi connectivity index (χ0v) is 12.6. The molecule has 1 unspecified atom stereocenters. The largest absolute Gasteiger partial charge is 0.461 e. The first kappa shape index (κ1) is 13.6. The van der Waals surface area contributed by atoms with Gasteiger partial charge in [0.2, 0.25) is 0 Å². The Morgan fingerprint density at radius 1 is 1.35 bits per heavy atom. The van der Waals surface area contributed by atoms with Crippen molar-refractivity contribution >= 4 is 20.8 Å². The number of benzene rings is 1. The van der Waals surface area contributed by atoms with Gasteiger partial charge in [-0.3, -0.25) is 0 Å². The molecule has 20 heavy (non-hydrogen) atoms. The molecule has 1 fully saturated rings. The summed E-state index contributed by atoms with van der Waals surface area (Å²) >= 11 is 0. The van der Waals surface area contributed by atoms with Crippen LogP contribution in [0.3, 0.4) is 0 Å². The molecule has 0 bridgehead atoms. The van der Waals surface area contributed by atoms with Gasteiger partial charge in [0.15, 0.2) is 9.84 Å². The molecular weight excluding hydrogens is 274 g/mol. The van der Waals surface area contributed by atoms with E-state index in [9.17, 15) is 8.42 Å². The molecule has 108 valence electrons. The smallest absolute Gasteiger partial charge is 0.152 e. The van der Waals surface area contributed by atoms with Crippen LogP contribution in [0.15, 0.2) is 28.7 Å². The lowest BCUT2D eigenvalue weighted by atomic mass is 10.0. The van der Waals surface area contributed by atoms with Gasteiger partial charge >= 0.3 is 0 Å². The Labute approximate surface area is 119 Å². The van der Waals surface area contributed by atoms with E-state index in [0.717, 1.165) is 22.3 Å². The van der Waals surface area contributed by atoms with Crippen LogP contribution >= 0.6 is 0 Å². The summed E-state index contributed by atoms with van der Waals surface area (Å²) in [7, 11) is -2.88. The second kappa shape index (κ2) is 4.60. The van der Waals surface area contributed by atoms with Gasteiger partial charge in [0.25, 0.3) is 0 Å². The molecule has 0 aliphatic carbocycles. The maximum Gasteiger partial charge on any atom is 0.152 e. The van der Waals surface area contributed by atoms with Crippen molar-refractivity contribution in [3.05, 3.63) is 35.6 Å². The summed E-state index contributed by atoms with van der Waals surface area (Å²) in [4.78, 5) is 0. The Kier molecular flexibility index (Phi) is 3.14. The lowest BCUT2D eigenvalue weighted by Crippen LogP contribution is -2.42. The molecular formula is C15H19NO3S. The van der Waals surface area contributed by atoms with E-state index in [1.54, 1.807) is 0 Å². The average Bonchev–Trinajstić information content (AvgIpc) is 2.84. The Hall–Kier alpha value is -1.33. The summed E-state index contributed by atoms with van der Waals surface area (Å²) in [5.74, 6) is 1.39. The molecule has 3 rings (SSSR count). The minimum Gasteiger partial charge on any atom is -0.461 e. The second-order valence-electron chi connectivity index (χ2n) is 5.89. The zero-order chi connectivity index (χ0) is 14.4. The number of furan rings is 1. The van der Waals surface area contributed by atoms with Crippen LogP contribution in [0.2, 0.25) is 0 Å². The minimum atomic E-state index is -2.88. The third kappa shape index (κ3) is 2.47. The lowest BCUT2D eigenvalue weighted by Gasteiger charge is -2.23. The second-order valence-corrected chi connectivity index (χ2v) is 8.07. The van der Waals surface area contributed by atoms with Gasteiger partial charge in [-0.2, -0.15) is 0 Å². The van der Waals surface area contributed by atoms with Crippen molar-refractivity contribution in [2.45, 2.75) is 32.4 Å². The molecule has 5 heteroatoms. The number of sulfone groups is 1. The van der Waals surface area contributed by atoms with Crippen molar-refractivity contribution in [1.29, 1.82) is 0 Å². The van der Waals surface area contributed by atoms with Crippen molar-refractivity contribution in [2.75, 3.05) is 11.5 Å². The summed E-state index contributed by atoms with van der Waals surface area (Å²) in [6, 6.07) is 7.93. The topological polar surface area (TPSA) is 59.3 Å². The van der Waals surface area contributed by atoms with E-state index < -0.39 is 9.84 Å². The third-order valence-electron chi connectivity index (χ3n) is 4.10. The van der Waals surface area contributed by atoms with Crippen molar-refractivity contribution in [1.82, 2.24) is 5.32 Å². The van der Waals surface area contributed by atoms with E-state index in [2.05, 4.69) is 5.32 Å². The van der Waals surface area contributed by atoms with Gasteiger partial charge < -0.3 is 9.73 Å². The Morgan fingerprint density at radius 2 is 2.10 bits per heavy atom. The van der Waals surface area contributed by atoms with E-state index in [4.69, 9.17) is 4.42 Å². The number of fused-ring (bicyclic) bond motifs is 1. The predicted molar refractivity (Wildman–Crippen MR) is 79.5 cm³/mol. The summed E-state index contributed by atoms with van der Waals surface area (Å²) in [5.41, 5.74) is 1.67. The molecule has 1 atom stereocenters. The molecule has 2 aromatic rings. The number of hydrogen-bond acceptors (Lipinski definition) is 4. The fourth-order valence-electron chi connectivity index (χ4n) is 2.89. The summed E-state index contributed by atoms with van der Waals surface area (Å²) < 4.78 is 29.0. The molecule has 2 heterocycles. The Morgan fingerprint density at radius 3 is 2.80 bits per heavy atom. The lowest BCUT2D eigenvalue weighted by molar-refractivity contribution is 0.394.